The van der Waals surface area contributed by atoms with E-state index in [2.05, 4.69) is 10.4 Å². The van der Waals surface area contributed by atoms with E-state index in [1.54, 1.807) is 4.90 Å². The SMILES string of the molecule is CN(C(=O)Cn1ccc([N+](=O)[O-])n1)C1CC2CCC(C1)N2. The number of carbonyl (C=O) groups excluding carboxylic acids is 1. The van der Waals surface area contributed by atoms with Crippen LogP contribution in [-0.4, -0.2) is 50.7 Å². The second-order valence-corrected chi connectivity index (χ2v) is 5.90. The summed E-state index contributed by atoms with van der Waals surface area (Å²) in [6.45, 7) is 0.0452. The Morgan fingerprint density at radius 2 is 2.19 bits per heavy atom. The van der Waals surface area contributed by atoms with Crippen molar-refractivity contribution in [3.05, 3.63) is 22.4 Å². The molecule has 2 atom stereocenters. The van der Waals surface area contributed by atoms with Gasteiger partial charge in [-0.1, -0.05) is 0 Å². The zero-order valence-electron chi connectivity index (χ0n) is 11.9. The normalized spacial score (nSPS) is 27.6. The van der Waals surface area contributed by atoms with Gasteiger partial charge in [0, 0.05) is 25.2 Å². The summed E-state index contributed by atoms with van der Waals surface area (Å²) in [7, 11) is 1.82. The summed E-state index contributed by atoms with van der Waals surface area (Å²) in [6, 6.07) is 2.60. The topological polar surface area (TPSA) is 93.3 Å². The zero-order valence-corrected chi connectivity index (χ0v) is 11.9. The first-order chi connectivity index (χ1) is 10.0. The van der Waals surface area contributed by atoms with Crippen molar-refractivity contribution in [1.29, 1.82) is 0 Å². The molecule has 8 heteroatoms. The minimum Gasteiger partial charge on any atom is -0.358 e. The first-order valence-electron chi connectivity index (χ1n) is 7.22. The number of fused-ring (bicyclic) bond motifs is 2. The molecule has 21 heavy (non-hydrogen) atoms. The van der Waals surface area contributed by atoms with Gasteiger partial charge in [0.15, 0.2) is 0 Å². The second kappa shape index (κ2) is 5.44. The van der Waals surface area contributed by atoms with E-state index < -0.39 is 4.92 Å². The van der Waals surface area contributed by atoms with Crippen LogP contribution in [0.3, 0.4) is 0 Å². The minimum atomic E-state index is -0.560. The highest BCUT2D eigenvalue weighted by Gasteiger charge is 2.36. The fourth-order valence-electron chi connectivity index (χ4n) is 3.33. The van der Waals surface area contributed by atoms with Gasteiger partial charge in [0.25, 0.3) is 0 Å². The van der Waals surface area contributed by atoms with E-state index in [1.807, 2.05) is 7.05 Å². The highest BCUT2D eigenvalue weighted by Crippen LogP contribution is 2.29. The number of nitro groups is 1. The summed E-state index contributed by atoms with van der Waals surface area (Å²) < 4.78 is 1.33. The van der Waals surface area contributed by atoms with Crippen molar-refractivity contribution in [2.24, 2.45) is 0 Å². The molecule has 1 aromatic heterocycles. The molecule has 2 saturated heterocycles. The van der Waals surface area contributed by atoms with Gasteiger partial charge >= 0.3 is 5.82 Å². The summed E-state index contributed by atoms with van der Waals surface area (Å²) in [5, 5.41) is 17.9. The Balaban J connectivity index is 1.60. The van der Waals surface area contributed by atoms with Crippen LogP contribution < -0.4 is 5.32 Å². The molecule has 2 aliphatic rings. The van der Waals surface area contributed by atoms with Crippen LogP contribution in [0, 0.1) is 10.1 Å². The van der Waals surface area contributed by atoms with Crippen molar-refractivity contribution in [2.75, 3.05) is 7.05 Å². The van der Waals surface area contributed by atoms with Gasteiger partial charge in [-0.2, -0.15) is 4.68 Å². The van der Waals surface area contributed by atoms with Crippen molar-refractivity contribution in [3.8, 4) is 0 Å². The number of rotatable bonds is 4. The fourth-order valence-corrected chi connectivity index (χ4v) is 3.33. The Kier molecular flexibility index (Phi) is 3.62. The molecular weight excluding hydrogens is 274 g/mol. The molecule has 2 bridgehead atoms. The molecular formula is C13H19N5O3. The van der Waals surface area contributed by atoms with E-state index in [1.165, 1.54) is 29.8 Å². The fraction of sp³-hybridized carbons (Fsp3) is 0.692. The third kappa shape index (κ3) is 2.90. The summed E-state index contributed by atoms with van der Waals surface area (Å²) >= 11 is 0. The molecule has 0 aromatic carbocycles. The van der Waals surface area contributed by atoms with Gasteiger partial charge in [-0.05, 0) is 30.6 Å². The molecule has 3 rings (SSSR count). The van der Waals surface area contributed by atoms with Crippen molar-refractivity contribution in [2.45, 2.75) is 50.4 Å². The molecule has 2 unspecified atom stereocenters. The van der Waals surface area contributed by atoms with Crippen LogP contribution in [0.5, 0.6) is 0 Å². The molecule has 0 aliphatic carbocycles. The van der Waals surface area contributed by atoms with Crippen molar-refractivity contribution < 1.29 is 9.72 Å². The summed E-state index contributed by atoms with van der Waals surface area (Å²) in [6.07, 6.45) is 5.81. The Bertz CT molecular complexity index is 546. The largest absolute Gasteiger partial charge is 0.389 e. The number of hydrogen-bond donors (Lipinski definition) is 1. The maximum atomic E-state index is 12.3. The lowest BCUT2D eigenvalue weighted by Crippen LogP contribution is -2.49. The van der Waals surface area contributed by atoms with Crippen molar-refractivity contribution >= 4 is 11.7 Å². The number of nitrogens with one attached hydrogen (secondary N) is 1. The van der Waals surface area contributed by atoms with Gasteiger partial charge in [0.05, 0.1) is 17.4 Å². The molecule has 1 amide bonds. The van der Waals surface area contributed by atoms with Crippen LogP contribution in [0.25, 0.3) is 0 Å². The monoisotopic (exact) mass is 293 g/mol. The number of likely N-dealkylation sites (N-methyl/N-ethyl adjacent to an activating group) is 1. The molecule has 2 aliphatic heterocycles. The smallest absolute Gasteiger partial charge is 0.358 e. The van der Waals surface area contributed by atoms with E-state index in [0.29, 0.717) is 12.1 Å². The molecule has 0 radical (unpaired) electrons. The molecule has 114 valence electrons. The quantitative estimate of drug-likeness (QED) is 0.645. The van der Waals surface area contributed by atoms with E-state index in [9.17, 15) is 14.9 Å². The van der Waals surface area contributed by atoms with Gasteiger partial charge in [-0.15, -0.1) is 0 Å². The zero-order chi connectivity index (χ0) is 15.0. The molecule has 0 spiro atoms. The van der Waals surface area contributed by atoms with E-state index >= 15 is 0 Å². The van der Waals surface area contributed by atoms with E-state index in [-0.39, 0.29) is 24.3 Å². The molecule has 1 N–H and O–H groups in total. The number of carbonyl (C=O) groups is 1. The van der Waals surface area contributed by atoms with Gasteiger partial charge < -0.3 is 20.3 Å². The maximum Gasteiger partial charge on any atom is 0.389 e. The average Bonchev–Trinajstić information content (AvgIpc) is 3.04. The van der Waals surface area contributed by atoms with Gasteiger partial charge in [-0.25, -0.2) is 0 Å². The summed E-state index contributed by atoms with van der Waals surface area (Å²) in [5.74, 6) is -0.287. The first kappa shape index (κ1) is 14.0. The number of hydrogen-bond acceptors (Lipinski definition) is 5. The number of nitrogens with zero attached hydrogens (tertiary/aromatic N) is 4. The van der Waals surface area contributed by atoms with Crippen molar-refractivity contribution in [1.82, 2.24) is 20.0 Å². The Morgan fingerprint density at radius 3 is 2.76 bits per heavy atom. The van der Waals surface area contributed by atoms with Gasteiger partial charge in [-0.3, -0.25) is 4.79 Å². The predicted molar refractivity (Wildman–Crippen MR) is 74.6 cm³/mol. The molecule has 8 nitrogen and oxygen atoms in total. The van der Waals surface area contributed by atoms with Gasteiger partial charge in [0.2, 0.25) is 5.91 Å². The Morgan fingerprint density at radius 1 is 1.52 bits per heavy atom. The van der Waals surface area contributed by atoms with Gasteiger partial charge in [0.1, 0.15) is 6.54 Å². The van der Waals surface area contributed by atoms with Crippen LogP contribution in [0.2, 0.25) is 0 Å². The third-order valence-electron chi connectivity index (χ3n) is 4.50. The number of amides is 1. The minimum absolute atomic E-state index is 0.0452. The van der Waals surface area contributed by atoms with Crippen LogP contribution in [-0.2, 0) is 11.3 Å². The summed E-state index contributed by atoms with van der Waals surface area (Å²) in [4.78, 5) is 24.1. The molecule has 3 heterocycles. The van der Waals surface area contributed by atoms with Crippen LogP contribution in [0.15, 0.2) is 12.3 Å². The van der Waals surface area contributed by atoms with Crippen molar-refractivity contribution in [3.63, 3.8) is 0 Å². The molecule has 2 fully saturated rings. The Labute approximate surface area is 122 Å². The lowest BCUT2D eigenvalue weighted by Gasteiger charge is -2.35. The third-order valence-corrected chi connectivity index (χ3v) is 4.50. The lowest BCUT2D eigenvalue weighted by atomic mass is 9.98. The maximum absolute atomic E-state index is 12.3. The van der Waals surface area contributed by atoms with E-state index in [0.717, 1.165) is 12.8 Å². The Hall–Kier alpha value is -1.96. The highest BCUT2D eigenvalue weighted by atomic mass is 16.6. The van der Waals surface area contributed by atoms with E-state index in [4.69, 9.17) is 0 Å². The summed E-state index contributed by atoms with van der Waals surface area (Å²) in [5.41, 5.74) is 0. The molecule has 0 saturated carbocycles. The number of piperidine rings is 1. The lowest BCUT2D eigenvalue weighted by molar-refractivity contribution is -0.389. The highest BCUT2D eigenvalue weighted by molar-refractivity contribution is 5.76. The average molecular weight is 293 g/mol. The van der Waals surface area contributed by atoms with Crippen LogP contribution in [0.4, 0.5) is 5.82 Å². The van der Waals surface area contributed by atoms with Crippen LogP contribution >= 0.6 is 0 Å². The second-order valence-electron chi connectivity index (χ2n) is 5.90. The predicted octanol–water partition coefficient (Wildman–Crippen LogP) is 0.533. The molecule has 1 aromatic rings. The first-order valence-corrected chi connectivity index (χ1v) is 7.22. The number of aromatic nitrogens is 2. The standard InChI is InChI=1S/C13H19N5O3/c1-16(11-6-9-2-3-10(7-11)14-9)13(19)8-17-5-4-12(15-17)18(20)21/h4-5,9-11,14H,2-3,6-8H2,1H3. The van der Waals surface area contributed by atoms with Crippen LogP contribution in [0.1, 0.15) is 25.7 Å².